The second kappa shape index (κ2) is 13.9. The molecular weight excluding hydrogens is 490 g/mol. The third-order valence-electron chi connectivity index (χ3n) is 5.65. The first kappa shape index (κ1) is 28.3. The molecule has 0 saturated carbocycles. The molecule has 10 nitrogen and oxygen atoms in total. The molecule has 0 aliphatic carbocycles. The highest BCUT2D eigenvalue weighted by Crippen LogP contribution is 2.24. The van der Waals surface area contributed by atoms with Crippen LogP contribution in [0.4, 0.5) is 0 Å². The molecular formula is C28H33N3O7. The second-order valence-corrected chi connectivity index (χ2v) is 8.81. The molecule has 0 saturated heterocycles. The predicted octanol–water partition coefficient (Wildman–Crippen LogP) is 2.06. The van der Waals surface area contributed by atoms with Crippen molar-refractivity contribution in [2.24, 2.45) is 11.5 Å². The minimum absolute atomic E-state index is 0.0458. The first-order valence-corrected chi connectivity index (χ1v) is 12.1. The number of benzene rings is 3. The number of aliphatic hydroxyl groups is 1. The quantitative estimate of drug-likeness (QED) is 0.236. The molecule has 6 N–H and O–H groups in total. The van der Waals surface area contributed by atoms with Gasteiger partial charge in [-0.05, 0) is 55.0 Å². The van der Waals surface area contributed by atoms with Gasteiger partial charge in [-0.1, -0.05) is 30.3 Å². The average molecular weight is 524 g/mol. The number of aromatic hydroxyl groups is 1. The van der Waals surface area contributed by atoms with Crippen LogP contribution in [-0.2, 0) is 11.3 Å². The molecule has 3 rings (SSSR count). The van der Waals surface area contributed by atoms with E-state index in [1.165, 1.54) is 18.2 Å². The third kappa shape index (κ3) is 8.99. The van der Waals surface area contributed by atoms with Gasteiger partial charge in [-0.3, -0.25) is 14.5 Å². The van der Waals surface area contributed by atoms with Crippen molar-refractivity contribution >= 4 is 11.8 Å². The van der Waals surface area contributed by atoms with Gasteiger partial charge in [0.1, 0.15) is 42.3 Å². The number of nitrogens with two attached hydrogens (primary N) is 2. The number of hydrogen-bond donors (Lipinski definition) is 4. The van der Waals surface area contributed by atoms with E-state index < -0.39 is 17.9 Å². The van der Waals surface area contributed by atoms with Gasteiger partial charge in [-0.2, -0.15) is 0 Å². The number of ether oxygens (including phenoxy) is 3. The minimum atomic E-state index is -0.818. The van der Waals surface area contributed by atoms with Crippen molar-refractivity contribution in [3.63, 3.8) is 0 Å². The fourth-order valence-electron chi connectivity index (χ4n) is 3.67. The fraction of sp³-hybridized carbons (Fsp3) is 0.286. The lowest BCUT2D eigenvalue weighted by Crippen LogP contribution is -2.43. The van der Waals surface area contributed by atoms with Crippen molar-refractivity contribution in [1.82, 2.24) is 4.90 Å². The number of phenolic OH excluding ortho intramolecular Hbond substituents is 1. The molecule has 38 heavy (non-hydrogen) atoms. The summed E-state index contributed by atoms with van der Waals surface area (Å²) in [5.41, 5.74) is 11.6. The monoisotopic (exact) mass is 523 g/mol. The van der Waals surface area contributed by atoms with Gasteiger partial charge in [-0.15, -0.1) is 0 Å². The zero-order valence-electron chi connectivity index (χ0n) is 21.2. The number of primary amides is 2. The lowest BCUT2D eigenvalue weighted by atomic mass is 10.1. The van der Waals surface area contributed by atoms with Crippen LogP contribution in [-0.4, -0.2) is 65.4 Å². The Morgan fingerprint density at radius 2 is 1.55 bits per heavy atom. The Labute approximate surface area is 221 Å². The normalized spacial score (nSPS) is 12.5. The Hall–Kier alpha value is -4.28. The van der Waals surface area contributed by atoms with Gasteiger partial charge in [0.05, 0.1) is 5.56 Å². The Morgan fingerprint density at radius 3 is 2.18 bits per heavy atom. The summed E-state index contributed by atoms with van der Waals surface area (Å²) in [4.78, 5) is 24.6. The molecule has 3 aromatic carbocycles. The Bertz CT molecular complexity index is 1190. The molecule has 0 heterocycles. The summed E-state index contributed by atoms with van der Waals surface area (Å²) in [5.74, 6) is -0.0653. The molecule has 2 amide bonds. The van der Waals surface area contributed by atoms with Crippen LogP contribution < -0.4 is 25.7 Å². The highest BCUT2D eigenvalue weighted by atomic mass is 16.5. The maximum Gasteiger partial charge on any atom is 0.255 e. The highest BCUT2D eigenvalue weighted by Gasteiger charge is 2.21. The van der Waals surface area contributed by atoms with Gasteiger partial charge in [0.2, 0.25) is 0 Å². The largest absolute Gasteiger partial charge is 0.508 e. The topological polar surface area (TPSA) is 158 Å². The van der Waals surface area contributed by atoms with Gasteiger partial charge < -0.3 is 35.9 Å². The molecule has 10 heteroatoms. The van der Waals surface area contributed by atoms with E-state index in [0.29, 0.717) is 18.0 Å². The molecule has 0 aliphatic rings. The number of amides is 2. The van der Waals surface area contributed by atoms with E-state index >= 15 is 0 Å². The summed E-state index contributed by atoms with van der Waals surface area (Å²) in [5, 5.41) is 20.4. The SMILES string of the molecule is CC(COc1ccc(O)cc1C(N)=O)N(Cc1ccccc1)CC(O)COc1ccc(OCC(N)=O)cc1. The van der Waals surface area contributed by atoms with Crippen molar-refractivity contribution in [2.75, 3.05) is 26.4 Å². The molecule has 0 bridgehead atoms. The smallest absolute Gasteiger partial charge is 0.255 e. The van der Waals surface area contributed by atoms with E-state index in [4.69, 9.17) is 25.7 Å². The van der Waals surface area contributed by atoms with E-state index in [0.717, 1.165) is 5.56 Å². The lowest BCUT2D eigenvalue weighted by Gasteiger charge is -2.31. The van der Waals surface area contributed by atoms with Crippen molar-refractivity contribution in [1.29, 1.82) is 0 Å². The minimum Gasteiger partial charge on any atom is -0.508 e. The number of hydrogen-bond acceptors (Lipinski definition) is 8. The summed E-state index contributed by atoms with van der Waals surface area (Å²) >= 11 is 0. The first-order valence-electron chi connectivity index (χ1n) is 12.1. The predicted molar refractivity (Wildman–Crippen MR) is 141 cm³/mol. The first-order chi connectivity index (χ1) is 18.2. The summed E-state index contributed by atoms with van der Waals surface area (Å²) in [6.07, 6.45) is -0.818. The van der Waals surface area contributed by atoms with E-state index in [1.807, 2.05) is 37.3 Å². The van der Waals surface area contributed by atoms with Crippen molar-refractivity contribution in [2.45, 2.75) is 25.6 Å². The van der Waals surface area contributed by atoms with E-state index in [1.54, 1.807) is 24.3 Å². The summed E-state index contributed by atoms with van der Waals surface area (Å²) in [6, 6.07) is 20.5. The molecule has 0 aromatic heterocycles. The van der Waals surface area contributed by atoms with Crippen LogP contribution in [0.2, 0.25) is 0 Å². The van der Waals surface area contributed by atoms with Gasteiger partial charge in [0.15, 0.2) is 6.61 Å². The summed E-state index contributed by atoms with van der Waals surface area (Å²) < 4.78 is 16.8. The van der Waals surface area contributed by atoms with Crippen molar-refractivity contribution in [3.05, 3.63) is 83.9 Å². The van der Waals surface area contributed by atoms with Crippen LogP contribution in [0.5, 0.6) is 23.0 Å². The van der Waals surface area contributed by atoms with Gasteiger partial charge in [0, 0.05) is 19.1 Å². The van der Waals surface area contributed by atoms with Crippen LogP contribution in [0.1, 0.15) is 22.8 Å². The average Bonchev–Trinajstić information content (AvgIpc) is 2.90. The summed E-state index contributed by atoms with van der Waals surface area (Å²) in [7, 11) is 0. The van der Waals surface area contributed by atoms with Gasteiger partial charge in [-0.25, -0.2) is 0 Å². The third-order valence-corrected chi connectivity index (χ3v) is 5.65. The lowest BCUT2D eigenvalue weighted by molar-refractivity contribution is -0.119. The van der Waals surface area contributed by atoms with Crippen molar-refractivity contribution in [3.8, 4) is 23.0 Å². The van der Waals surface area contributed by atoms with Gasteiger partial charge in [0.25, 0.3) is 11.8 Å². The summed E-state index contributed by atoms with van der Waals surface area (Å²) in [6.45, 7) is 2.83. The Balaban J connectivity index is 1.61. The standard InChI is InChI=1S/C28H33N3O7/c1-19(16-38-26-12-7-21(32)13-25(26)28(30)35)31(14-20-5-3-2-4-6-20)15-22(33)17-36-23-8-10-24(11-9-23)37-18-27(29)34/h2-13,19,22,32-33H,14-18H2,1H3,(H2,29,34)(H2,30,35). The van der Waals surface area contributed by atoms with Crippen molar-refractivity contribution < 1.29 is 34.0 Å². The van der Waals surface area contributed by atoms with Crippen LogP contribution in [0.15, 0.2) is 72.8 Å². The number of carbonyl (C=O) groups is 2. The molecule has 2 atom stereocenters. The van der Waals surface area contributed by atoms with Crippen LogP contribution in [0.25, 0.3) is 0 Å². The molecule has 2 unspecified atom stereocenters. The molecule has 0 aliphatic heterocycles. The Kier molecular flexibility index (Phi) is 10.3. The number of phenols is 1. The number of rotatable bonds is 15. The molecule has 0 spiro atoms. The van der Waals surface area contributed by atoms with E-state index in [2.05, 4.69) is 4.90 Å². The maximum absolute atomic E-state index is 11.8. The van der Waals surface area contributed by atoms with Crippen LogP contribution >= 0.6 is 0 Å². The zero-order chi connectivity index (χ0) is 27.5. The second-order valence-electron chi connectivity index (χ2n) is 8.81. The number of carbonyl (C=O) groups excluding carboxylic acids is 2. The van der Waals surface area contributed by atoms with Gasteiger partial charge >= 0.3 is 0 Å². The molecule has 3 aromatic rings. The zero-order valence-corrected chi connectivity index (χ0v) is 21.2. The van der Waals surface area contributed by atoms with Crippen LogP contribution in [0.3, 0.4) is 0 Å². The Morgan fingerprint density at radius 1 is 0.895 bits per heavy atom. The van der Waals surface area contributed by atoms with E-state index in [-0.39, 0.29) is 49.5 Å². The maximum atomic E-state index is 11.8. The van der Waals surface area contributed by atoms with E-state index in [9.17, 15) is 19.8 Å². The van der Waals surface area contributed by atoms with Crippen LogP contribution in [0, 0.1) is 0 Å². The fourth-order valence-corrected chi connectivity index (χ4v) is 3.67. The highest BCUT2D eigenvalue weighted by molar-refractivity contribution is 5.96. The number of aliphatic hydroxyl groups excluding tert-OH is 1. The molecule has 0 radical (unpaired) electrons. The molecule has 202 valence electrons. The molecule has 0 fully saturated rings. The number of nitrogens with zero attached hydrogens (tertiary/aromatic N) is 1.